The smallest absolute Gasteiger partial charge is 0.194 e. The zero-order valence-electron chi connectivity index (χ0n) is 15.5. The molecule has 0 amide bonds. The molecule has 0 unspecified atom stereocenters. The van der Waals surface area contributed by atoms with Gasteiger partial charge < -0.3 is 15.1 Å². The molecule has 0 atom stereocenters. The first kappa shape index (κ1) is 21.9. The number of pyridine rings is 1. The minimum Gasteiger partial charge on any atom is -0.363 e. The number of guanidine groups is 1. The maximum atomic E-state index is 12.1. The first-order chi connectivity index (χ1) is 11.2. The predicted octanol–water partition coefficient (Wildman–Crippen LogP) is 1.35. The van der Waals surface area contributed by atoms with Gasteiger partial charge in [0, 0.05) is 34.2 Å². The van der Waals surface area contributed by atoms with E-state index in [1.165, 1.54) is 0 Å². The van der Waals surface area contributed by atoms with Crippen LogP contribution in [0.15, 0.2) is 23.2 Å². The van der Waals surface area contributed by atoms with E-state index in [0.717, 1.165) is 11.5 Å². The fourth-order valence-electron chi connectivity index (χ4n) is 2.64. The molecule has 0 spiro atoms. The Kier molecular flexibility index (Phi) is 7.48. The van der Waals surface area contributed by atoms with Crippen molar-refractivity contribution in [2.24, 2.45) is 4.99 Å². The average Bonchev–Trinajstić information content (AvgIpc) is 2.51. The zero-order valence-corrected chi connectivity index (χ0v) is 18.6. The molecule has 0 bridgehead atoms. The predicted molar refractivity (Wildman–Crippen MR) is 114 cm³/mol. The lowest BCUT2D eigenvalue weighted by atomic mass is 10.2. The highest BCUT2D eigenvalue weighted by Gasteiger charge is 2.40. The second kappa shape index (κ2) is 8.52. The van der Waals surface area contributed by atoms with Crippen LogP contribution in [0, 0.1) is 0 Å². The van der Waals surface area contributed by atoms with Crippen molar-refractivity contribution in [3.8, 4) is 0 Å². The molecule has 1 fully saturated rings. The lowest BCUT2D eigenvalue weighted by Crippen LogP contribution is -2.57. The Balaban J connectivity index is 0.00000312. The molecule has 9 heteroatoms. The summed E-state index contributed by atoms with van der Waals surface area (Å²) < 4.78 is 23.5. The fraction of sp³-hybridized carbons (Fsp3) is 0.625. The molecular weight excluding hydrogens is 453 g/mol. The van der Waals surface area contributed by atoms with Crippen LogP contribution in [-0.2, 0) is 16.4 Å². The molecule has 1 aliphatic rings. The number of aromatic nitrogens is 1. The number of hydrogen-bond donors (Lipinski definition) is 1. The minimum atomic E-state index is -3.06. The summed E-state index contributed by atoms with van der Waals surface area (Å²) in [5.41, 5.74) is 0.909. The molecular formula is C16H28IN5O2S. The molecule has 2 rings (SSSR count). The third-order valence-electron chi connectivity index (χ3n) is 4.23. The molecule has 1 aliphatic heterocycles. The van der Waals surface area contributed by atoms with Gasteiger partial charge in [0.15, 0.2) is 15.8 Å². The van der Waals surface area contributed by atoms with Gasteiger partial charge in [0.25, 0.3) is 0 Å². The van der Waals surface area contributed by atoms with Crippen LogP contribution in [0.3, 0.4) is 0 Å². The van der Waals surface area contributed by atoms with Gasteiger partial charge in [-0.05, 0) is 26.0 Å². The molecule has 0 saturated carbocycles. The number of nitrogens with one attached hydrogen (secondary N) is 1. The molecule has 25 heavy (non-hydrogen) atoms. The van der Waals surface area contributed by atoms with Gasteiger partial charge in [0.05, 0.1) is 22.7 Å². The van der Waals surface area contributed by atoms with E-state index >= 15 is 0 Å². The average molecular weight is 481 g/mol. The van der Waals surface area contributed by atoms with Crippen LogP contribution in [0.5, 0.6) is 0 Å². The van der Waals surface area contributed by atoms with E-state index < -0.39 is 14.6 Å². The van der Waals surface area contributed by atoms with Gasteiger partial charge >= 0.3 is 0 Å². The highest BCUT2D eigenvalue weighted by molar-refractivity contribution is 14.0. The monoisotopic (exact) mass is 481 g/mol. The topological polar surface area (TPSA) is 77.9 Å². The summed E-state index contributed by atoms with van der Waals surface area (Å²) in [6.45, 7) is 4.96. The van der Waals surface area contributed by atoms with Crippen LogP contribution < -0.4 is 10.2 Å². The van der Waals surface area contributed by atoms with Crippen LogP contribution in [0.1, 0.15) is 19.5 Å². The SMILES string of the molecule is CN=C(NCc1cccc(N(C)C)n1)N1CCS(=O)(=O)C(C)(C)C1.I. The molecule has 142 valence electrons. The Morgan fingerprint density at radius 2 is 2.08 bits per heavy atom. The van der Waals surface area contributed by atoms with Crippen molar-refractivity contribution in [3.63, 3.8) is 0 Å². The van der Waals surface area contributed by atoms with Crippen molar-refractivity contribution >= 4 is 45.6 Å². The summed E-state index contributed by atoms with van der Waals surface area (Å²) in [6, 6.07) is 5.88. The second-order valence-corrected chi connectivity index (χ2v) is 9.53. The molecule has 2 heterocycles. The summed E-state index contributed by atoms with van der Waals surface area (Å²) in [7, 11) is 2.56. The summed E-state index contributed by atoms with van der Waals surface area (Å²) in [5, 5.41) is 3.29. The quantitative estimate of drug-likeness (QED) is 0.399. The molecule has 7 nitrogen and oxygen atoms in total. The van der Waals surface area contributed by atoms with Gasteiger partial charge in [-0.2, -0.15) is 0 Å². The van der Waals surface area contributed by atoms with Crippen molar-refractivity contribution < 1.29 is 8.42 Å². The van der Waals surface area contributed by atoms with E-state index in [-0.39, 0.29) is 29.7 Å². The van der Waals surface area contributed by atoms with Crippen molar-refractivity contribution in [2.45, 2.75) is 25.1 Å². The molecule has 0 aromatic carbocycles. The standard InChI is InChI=1S/C16H27N5O2S.HI/c1-16(2)12-21(9-10-24(16,22)23)15(17-3)18-11-13-7-6-8-14(19-13)20(4)5;/h6-8H,9-12H2,1-5H3,(H,17,18);1H. The maximum absolute atomic E-state index is 12.1. The van der Waals surface area contributed by atoms with E-state index in [9.17, 15) is 8.42 Å². The summed E-state index contributed by atoms with van der Waals surface area (Å²) >= 11 is 0. The number of anilines is 1. The molecule has 1 aromatic rings. The van der Waals surface area contributed by atoms with E-state index in [0.29, 0.717) is 25.6 Å². The highest BCUT2D eigenvalue weighted by Crippen LogP contribution is 2.23. The van der Waals surface area contributed by atoms with Crippen molar-refractivity contribution in [1.29, 1.82) is 0 Å². The van der Waals surface area contributed by atoms with Crippen molar-refractivity contribution in [2.75, 3.05) is 44.9 Å². The first-order valence-corrected chi connectivity index (χ1v) is 9.63. The lowest BCUT2D eigenvalue weighted by molar-refractivity contribution is 0.353. The van der Waals surface area contributed by atoms with Crippen LogP contribution in [-0.4, -0.2) is 69.0 Å². The van der Waals surface area contributed by atoms with Gasteiger partial charge in [-0.25, -0.2) is 13.4 Å². The fourth-order valence-corrected chi connectivity index (χ4v) is 4.01. The van der Waals surface area contributed by atoms with Gasteiger partial charge in [-0.1, -0.05) is 6.07 Å². The van der Waals surface area contributed by atoms with Crippen LogP contribution >= 0.6 is 24.0 Å². The van der Waals surface area contributed by atoms with Gasteiger partial charge in [-0.15, -0.1) is 24.0 Å². The second-order valence-electron chi connectivity index (χ2n) is 6.78. The number of sulfone groups is 1. The van der Waals surface area contributed by atoms with Crippen molar-refractivity contribution in [1.82, 2.24) is 15.2 Å². The van der Waals surface area contributed by atoms with E-state index in [1.807, 2.05) is 42.1 Å². The molecule has 1 aromatic heterocycles. The largest absolute Gasteiger partial charge is 0.363 e. The van der Waals surface area contributed by atoms with Gasteiger partial charge in [0.2, 0.25) is 0 Å². The highest BCUT2D eigenvalue weighted by atomic mass is 127. The van der Waals surface area contributed by atoms with E-state index in [1.54, 1.807) is 20.9 Å². The van der Waals surface area contributed by atoms with Gasteiger partial charge in [0.1, 0.15) is 5.82 Å². The molecule has 1 saturated heterocycles. The van der Waals surface area contributed by atoms with Crippen LogP contribution in [0.2, 0.25) is 0 Å². The molecule has 0 radical (unpaired) electrons. The minimum absolute atomic E-state index is 0. The first-order valence-electron chi connectivity index (χ1n) is 7.97. The number of hydrogen-bond acceptors (Lipinski definition) is 5. The number of halogens is 1. The Morgan fingerprint density at radius 3 is 2.64 bits per heavy atom. The van der Waals surface area contributed by atoms with Gasteiger partial charge in [-0.3, -0.25) is 4.99 Å². The molecule has 1 N–H and O–H groups in total. The third-order valence-corrected chi connectivity index (χ3v) is 6.77. The lowest BCUT2D eigenvalue weighted by Gasteiger charge is -2.39. The molecule has 0 aliphatic carbocycles. The summed E-state index contributed by atoms with van der Waals surface area (Å²) in [5.74, 6) is 1.75. The van der Waals surface area contributed by atoms with Crippen LogP contribution in [0.4, 0.5) is 5.82 Å². The summed E-state index contributed by atoms with van der Waals surface area (Å²) in [6.07, 6.45) is 0. The zero-order chi connectivity index (χ0) is 18.0. The summed E-state index contributed by atoms with van der Waals surface area (Å²) in [4.78, 5) is 12.8. The normalized spacial score (nSPS) is 19.1. The van der Waals surface area contributed by atoms with E-state index in [2.05, 4.69) is 15.3 Å². The Morgan fingerprint density at radius 1 is 1.40 bits per heavy atom. The van der Waals surface area contributed by atoms with Crippen LogP contribution in [0.25, 0.3) is 0 Å². The van der Waals surface area contributed by atoms with E-state index in [4.69, 9.17) is 0 Å². The number of aliphatic imine (C=N–C) groups is 1. The Hall–Kier alpha value is -1.10. The third kappa shape index (κ3) is 5.19. The number of nitrogens with zero attached hydrogens (tertiary/aromatic N) is 4. The Bertz CT molecular complexity index is 719. The number of rotatable bonds is 3. The maximum Gasteiger partial charge on any atom is 0.194 e. The Labute approximate surface area is 167 Å². The van der Waals surface area contributed by atoms with Crippen molar-refractivity contribution in [3.05, 3.63) is 23.9 Å².